The number of aliphatic hydroxyl groups is 1. The van der Waals surface area contributed by atoms with Crippen molar-refractivity contribution in [3.63, 3.8) is 0 Å². The minimum absolute atomic E-state index is 0.132. The Morgan fingerprint density at radius 1 is 1.23 bits per heavy atom. The summed E-state index contributed by atoms with van der Waals surface area (Å²) in [6, 6.07) is 14.6. The van der Waals surface area contributed by atoms with Gasteiger partial charge in [0, 0.05) is 12.1 Å². The van der Waals surface area contributed by atoms with Crippen LogP contribution >= 0.6 is 0 Å². The highest BCUT2D eigenvalue weighted by atomic mass is 16.5. The van der Waals surface area contributed by atoms with E-state index < -0.39 is 6.10 Å². The molecule has 2 aromatic rings. The van der Waals surface area contributed by atoms with Crippen LogP contribution in [-0.4, -0.2) is 24.2 Å². The van der Waals surface area contributed by atoms with E-state index in [1.54, 1.807) is 24.3 Å². The minimum atomic E-state index is -0.700. The largest absolute Gasteiger partial charge is 0.491 e. The lowest BCUT2D eigenvalue weighted by atomic mass is 10.1. The first-order valence-electron chi connectivity index (χ1n) is 7.36. The second kappa shape index (κ2) is 7.61. The average molecular weight is 299 g/mol. The molecule has 2 N–H and O–H groups in total. The van der Waals surface area contributed by atoms with Gasteiger partial charge in [0.25, 0.3) is 5.91 Å². The van der Waals surface area contributed by atoms with Gasteiger partial charge < -0.3 is 15.2 Å². The van der Waals surface area contributed by atoms with Gasteiger partial charge in [-0.2, -0.15) is 0 Å². The Bertz CT molecular complexity index is 622. The molecule has 0 spiro atoms. The number of carbonyl (C=O) groups excluding carboxylic acids is 1. The van der Waals surface area contributed by atoms with Crippen molar-refractivity contribution >= 4 is 5.91 Å². The fourth-order valence-electron chi connectivity index (χ4n) is 2.05. The molecule has 0 bridgehead atoms. The summed E-state index contributed by atoms with van der Waals surface area (Å²) in [7, 11) is 0. The van der Waals surface area contributed by atoms with Gasteiger partial charge in [0.15, 0.2) is 0 Å². The SMILES string of the molecule is CCNC(=O)c1cccc(OCC(O)c2ccc(C)cc2)c1. The van der Waals surface area contributed by atoms with E-state index in [1.165, 1.54) is 0 Å². The molecule has 22 heavy (non-hydrogen) atoms. The molecule has 1 atom stereocenters. The van der Waals surface area contributed by atoms with Crippen LogP contribution in [0.15, 0.2) is 48.5 Å². The van der Waals surface area contributed by atoms with E-state index in [0.29, 0.717) is 17.9 Å². The molecule has 0 aliphatic heterocycles. The number of benzene rings is 2. The molecule has 4 heteroatoms. The number of aliphatic hydroxyl groups excluding tert-OH is 1. The number of hydrogen-bond acceptors (Lipinski definition) is 3. The van der Waals surface area contributed by atoms with Crippen LogP contribution in [0.3, 0.4) is 0 Å². The van der Waals surface area contributed by atoms with Crippen LogP contribution in [0.1, 0.15) is 34.5 Å². The normalized spacial score (nSPS) is 11.8. The Hall–Kier alpha value is -2.33. The second-order valence-electron chi connectivity index (χ2n) is 5.12. The molecular formula is C18H21NO3. The molecule has 2 rings (SSSR count). The summed E-state index contributed by atoms with van der Waals surface area (Å²) < 4.78 is 5.59. The molecule has 0 heterocycles. The summed E-state index contributed by atoms with van der Waals surface area (Å²) in [6.07, 6.45) is -0.700. The Morgan fingerprint density at radius 3 is 2.64 bits per heavy atom. The molecule has 0 aliphatic carbocycles. The number of hydrogen-bond donors (Lipinski definition) is 2. The highest BCUT2D eigenvalue weighted by Gasteiger charge is 2.10. The molecule has 0 saturated heterocycles. The van der Waals surface area contributed by atoms with Crippen LogP contribution in [0.25, 0.3) is 0 Å². The Kier molecular flexibility index (Phi) is 5.55. The number of rotatable bonds is 6. The summed E-state index contributed by atoms with van der Waals surface area (Å²) in [5.74, 6) is 0.432. The summed E-state index contributed by atoms with van der Waals surface area (Å²) in [5.41, 5.74) is 2.50. The maximum Gasteiger partial charge on any atom is 0.251 e. The molecule has 0 radical (unpaired) electrons. The zero-order valence-corrected chi connectivity index (χ0v) is 12.9. The van der Waals surface area contributed by atoms with E-state index in [1.807, 2.05) is 38.1 Å². The zero-order chi connectivity index (χ0) is 15.9. The lowest BCUT2D eigenvalue weighted by Gasteiger charge is -2.13. The van der Waals surface area contributed by atoms with E-state index in [9.17, 15) is 9.90 Å². The van der Waals surface area contributed by atoms with Gasteiger partial charge in [-0.05, 0) is 37.6 Å². The lowest BCUT2D eigenvalue weighted by molar-refractivity contribution is 0.0954. The van der Waals surface area contributed by atoms with Crippen molar-refractivity contribution in [1.29, 1.82) is 0 Å². The van der Waals surface area contributed by atoms with Gasteiger partial charge in [0.1, 0.15) is 18.5 Å². The smallest absolute Gasteiger partial charge is 0.251 e. The van der Waals surface area contributed by atoms with Gasteiger partial charge in [-0.15, -0.1) is 0 Å². The van der Waals surface area contributed by atoms with Crippen LogP contribution in [0.4, 0.5) is 0 Å². The third kappa shape index (κ3) is 4.33. The molecule has 2 aromatic carbocycles. The fourth-order valence-corrected chi connectivity index (χ4v) is 2.05. The van der Waals surface area contributed by atoms with Gasteiger partial charge in [-0.25, -0.2) is 0 Å². The number of amides is 1. The maximum atomic E-state index is 11.8. The van der Waals surface area contributed by atoms with Crippen molar-refractivity contribution in [3.05, 3.63) is 65.2 Å². The molecule has 0 fully saturated rings. The van der Waals surface area contributed by atoms with Crippen LogP contribution in [0, 0.1) is 6.92 Å². The summed E-state index contributed by atoms with van der Waals surface area (Å²) in [6.45, 7) is 4.59. The monoisotopic (exact) mass is 299 g/mol. The van der Waals surface area contributed by atoms with Gasteiger partial charge in [-0.1, -0.05) is 35.9 Å². The third-order valence-electron chi connectivity index (χ3n) is 3.30. The van der Waals surface area contributed by atoms with Crippen molar-refractivity contribution in [2.24, 2.45) is 0 Å². The van der Waals surface area contributed by atoms with E-state index >= 15 is 0 Å². The quantitative estimate of drug-likeness (QED) is 0.862. The van der Waals surface area contributed by atoms with Crippen LogP contribution in [0.5, 0.6) is 5.75 Å². The molecule has 4 nitrogen and oxygen atoms in total. The highest BCUT2D eigenvalue weighted by Crippen LogP contribution is 2.18. The van der Waals surface area contributed by atoms with Crippen LogP contribution in [-0.2, 0) is 0 Å². The Labute approximate surface area is 130 Å². The molecule has 1 unspecified atom stereocenters. The zero-order valence-electron chi connectivity index (χ0n) is 12.9. The van der Waals surface area contributed by atoms with E-state index in [2.05, 4.69) is 5.32 Å². The summed E-state index contributed by atoms with van der Waals surface area (Å²) in [5, 5.41) is 12.9. The van der Waals surface area contributed by atoms with Gasteiger partial charge in [-0.3, -0.25) is 4.79 Å². The molecule has 0 aromatic heterocycles. The average Bonchev–Trinajstić information content (AvgIpc) is 2.54. The minimum Gasteiger partial charge on any atom is -0.491 e. The first kappa shape index (κ1) is 16.0. The van der Waals surface area contributed by atoms with Gasteiger partial charge >= 0.3 is 0 Å². The Morgan fingerprint density at radius 2 is 1.95 bits per heavy atom. The number of aryl methyl sites for hydroxylation is 1. The topological polar surface area (TPSA) is 58.6 Å². The molecular weight excluding hydrogens is 278 g/mol. The second-order valence-corrected chi connectivity index (χ2v) is 5.12. The van der Waals surface area contributed by atoms with Crippen molar-refractivity contribution in [2.45, 2.75) is 20.0 Å². The third-order valence-corrected chi connectivity index (χ3v) is 3.30. The molecule has 0 aliphatic rings. The number of ether oxygens (including phenoxy) is 1. The van der Waals surface area contributed by atoms with Crippen molar-refractivity contribution in [1.82, 2.24) is 5.32 Å². The summed E-state index contributed by atoms with van der Waals surface area (Å²) in [4.78, 5) is 11.8. The van der Waals surface area contributed by atoms with E-state index in [0.717, 1.165) is 11.1 Å². The predicted molar refractivity (Wildman–Crippen MR) is 86.1 cm³/mol. The van der Waals surface area contributed by atoms with Crippen molar-refractivity contribution < 1.29 is 14.6 Å². The van der Waals surface area contributed by atoms with E-state index in [-0.39, 0.29) is 12.5 Å². The van der Waals surface area contributed by atoms with Crippen molar-refractivity contribution in [2.75, 3.05) is 13.2 Å². The fraction of sp³-hybridized carbons (Fsp3) is 0.278. The maximum absolute atomic E-state index is 11.8. The van der Waals surface area contributed by atoms with Crippen LogP contribution < -0.4 is 10.1 Å². The van der Waals surface area contributed by atoms with E-state index in [4.69, 9.17) is 4.74 Å². The standard InChI is InChI=1S/C18H21NO3/c1-3-19-18(21)15-5-4-6-16(11-15)22-12-17(20)14-9-7-13(2)8-10-14/h4-11,17,20H,3,12H2,1-2H3,(H,19,21). The molecule has 0 saturated carbocycles. The van der Waals surface area contributed by atoms with Gasteiger partial charge in [0.2, 0.25) is 0 Å². The molecule has 1 amide bonds. The lowest BCUT2D eigenvalue weighted by Crippen LogP contribution is -2.22. The first-order valence-corrected chi connectivity index (χ1v) is 7.36. The number of nitrogens with one attached hydrogen (secondary N) is 1. The first-order chi connectivity index (χ1) is 10.6. The van der Waals surface area contributed by atoms with Gasteiger partial charge in [0.05, 0.1) is 0 Å². The summed E-state index contributed by atoms with van der Waals surface area (Å²) >= 11 is 0. The van der Waals surface area contributed by atoms with Crippen molar-refractivity contribution in [3.8, 4) is 5.75 Å². The van der Waals surface area contributed by atoms with Crippen LogP contribution in [0.2, 0.25) is 0 Å². The number of carbonyl (C=O) groups is 1. The highest BCUT2D eigenvalue weighted by molar-refractivity contribution is 5.94. The predicted octanol–water partition coefficient (Wildman–Crippen LogP) is 2.86. The molecule has 116 valence electrons. The Balaban J connectivity index is 1.97.